The lowest BCUT2D eigenvalue weighted by Gasteiger charge is -2.29. The Morgan fingerprint density at radius 1 is 1.18 bits per heavy atom. The predicted octanol–water partition coefficient (Wildman–Crippen LogP) is 3.57. The van der Waals surface area contributed by atoms with E-state index in [1.165, 1.54) is 18.2 Å². The maximum atomic E-state index is 13.8. The van der Waals surface area contributed by atoms with Crippen LogP contribution in [0.15, 0.2) is 42.5 Å². The minimum atomic E-state index is -3.73. The lowest BCUT2D eigenvalue weighted by atomic mass is 10.1. The van der Waals surface area contributed by atoms with Crippen molar-refractivity contribution < 1.29 is 17.5 Å². The van der Waals surface area contributed by atoms with E-state index in [1.807, 2.05) is 24.3 Å². The maximum Gasteiger partial charge on any atom is 0.216 e. The van der Waals surface area contributed by atoms with Crippen molar-refractivity contribution in [1.29, 1.82) is 0 Å². The quantitative estimate of drug-likeness (QED) is 0.735. The predicted molar refractivity (Wildman–Crippen MR) is 108 cm³/mol. The van der Waals surface area contributed by atoms with Gasteiger partial charge in [0.2, 0.25) is 10.0 Å². The zero-order chi connectivity index (χ0) is 20.1. The number of benzene rings is 2. The normalized spacial score (nSPS) is 16.2. The first-order valence-electron chi connectivity index (χ1n) is 9.17. The minimum absolute atomic E-state index is 0.0291. The van der Waals surface area contributed by atoms with Crippen molar-refractivity contribution in [3.8, 4) is 5.75 Å². The van der Waals surface area contributed by atoms with Crippen molar-refractivity contribution in [2.75, 3.05) is 20.1 Å². The van der Waals surface area contributed by atoms with Gasteiger partial charge in [-0.05, 0) is 49.7 Å². The third-order valence-corrected chi connectivity index (χ3v) is 6.39. The van der Waals surface area contributed by atoms with Crippen LogP contribution in [0.4, 0.5) is 4.39 Å². The molecule has 152 valence electrons. The summed E-state index contributed by atoms with van der Waals surface area (Å²) in [5.41, 5.74) is 0.762. The summed E-state index contributed by atoms with van der Waals surface area (Å²) in [7, 11) is -1.62. The molecule has 0 aromatic heterocycles. The van der Waals surface area contributed by atoms with Crippen LogP contribution in [0.5, 0.6) is 5.75 Å². The molecule has 2 aromatic rings. The summed E-state index contributed by atoms with van der Waals surface area (Å²) in [6.45, 7) is 2.16. The van der Waals surface area contributed by atoms with E-state index < -0.39 is 21.6 Å². The number of rotatable bonds is 7. The summed E-state index contributed by atoms with van der Waals surface area (Å²) >= 11 is 5.91. The Bertz CT molecular complexity index is 878. The van der Waals surface area contributed by atoms with E-state index in [0.717, 1.165) is 37.2 Å². The number of piperidine rings is 1. The second-order valence-corrected chi connectivity index (χ2v) is 9.26. The van der Waals surface area contributed by atoms with Crippen LogP contribution in [0.2, 0.25) is 5.02 Å². The summed E-state index contributed by atoms with van der Waals surface area (Å²) < 4.78 is 46.8. The zero-order valence-corrected chi connectivity index (χ0v) is 17.3. The van der Waals surface area contributed by atoms with Gasteiger partial charge in [-0.25, -0.2) is 17.5 Å². The van der Waals surface area contributed by atoms with Gasteiger partial charge in [0.25, 0.3) is 0 Å². The van der Waals surface area contributed by atoms with Gasteiger partial charge in [-0.15, -0.1) is 0 Å². The molecule has 3 rings (SSSR count). The molecule has 1 heterocycles. The van der Waals surface area contributed by atoms with E-state index in [-0.39, 0.29) is 23.2 Å². The third-order valence-electron chi connectivity index (χ3n) is 4.78. The van der Waals surface area contributed by atoms with Gasteiger partial charge >= 0.3 is 0 Å². The Balaban J connectivity index is 1.54. The Labute approximate surface area is 170 Å². The van der Waals surface area contributed by atoms with Crippen LogP contribution >= 0.6 is 11.6 Å². The van der Waals surface area contributed by atoms with Crippen LogP contribution in [-0.4, -0.2) is 39.6 Å². The van der Waals surface area contributed by atoms with E-state index >= 15 is 0 Å². The monoisotopic (exact) mass is 426 g/mol. The highest BCUT2D eigenvalue weighted by Crippen LogP contribution is 2.22. The molecule has 1 aliphatic heterocycles. The van der Waals surface area contributed by atoms with Crippen molar-refractivity contribution in [1.82, 2.24) is 9.62 Å². The number of hydrogen-bond donors (Lipinski definition) is 1. The molecule has 2 aromatic carbocycles. The molecule has 8 heteroatoms. The van der Waals surface area contributed by atoms with E-state index in [0.29, 0.717) is 0 Å². The smallest absolute Gasteiger partial charge is 0.216 e. The molecule has 0 amide bonds. The number of sulfonamides is 1. The second kappa shape index (κ2) is 9.22. The molecule has 1 fully saturated rings. The molecular weight excluding hydrogens is 403 g/mol. The van der Waals surface area contributed by atoms with Crippen molar-refractivity contribution in [2.45, 2.75) is 31.2 Å². The van der Waals surface area contributed by atoms with Gasteiger partial charge in [-0.2, -0.15) is 0 Å². The molecule has 0 spiro atoms. The number of halogens is 2. The Morgan fingerprint density at radius 2 is 1.86 bits per heavy atom. The molecular formula is C20H24ClFN2O3S. The van der Waals surface area contributed by atoms with Crippen molar-refractivity contribution in [2.24, 2.45) is 0 Å². The highest BCUT2D eigenvalue weighted by atomic mass is 35.5. The van der Waals surface area contributed by atoms with Crippen molar-refractivity contribution >= 4 is 21.6 Å². The Hall–Kier alpha value is -1.67. The van der Waals surface area contributed by atoms with Gasteiger partial charge in [0.05, 0.1) is 5.75 Å². The molecule has 0 atom stereocenters. The fourth-order valence-corrected chi connectivity index (χ4v) is 4.56. The Morgan fingerprint density at radius 3 is 2.50 bits per heavy atom. The molecule has 1 N–H and O–H groups in total. The van der Waals surface area contributed by atoms with E-state index in [1.54, 1.807) is 0 Å². The minimum Gasteiger partial charge on any atom is -0.490 e. The van der Waals surface area contributed by atoms with Crippen molar-refractivity contribution in [3.63, 3.8) is 0 Å². The number of nitrogens with zero attached hydrogens (tertiary/aromatic N) is 1. The molecule has 1 saturated heterocycles. The zero-order valence-electron chi connectivity index (χ0n) is 15.7. The number of ether oxygens (including phenoxy) is 1. The first kappa shape index (κ1) is 21.0. The summed E-state index contributed by atoms with van der Waals surface area (Å²) in [6.07, 6.45) is 2.21. The third kappa shape index (κ3) is 5.91. The van der Waals surface area contributed by atoms with Gasteiger partial charge < -0.3 is 9.64 Å². The first-order valence-corrected chi connectivity index (χ1v) is 11.2. The van der Waals surface area contributed by atoms with Crippen LogP contribution in [0.25, 0.3) is 0 Å². The summed E-state index contributed by atoms with van der Waals surface area (Å²) in [5, 5.41) is 0.0979. The molecule has 0 saturated carbocycles. The number of hydrogen-bond acceptors (Lipinski definition) is 4. The average Bonchev–Trinajstić information content (AvgIpc) is 2.66. The van der Waals surface area contributed by atoms with Gasteiger partial charge in [0, 0.05) is 30.2 Å². The maximum absolute atomic E-state index is 13.8. The first-order chi connectivity index (χ1) is 13.3. The van der Waals surface area contributed by atoms with Crippen LogP contribution < -0.4 is 9.46 Å². The average molecular weight is 427 g/mol. The van der Waals surface area contributed by atoms with Gasteiger partial charge in [-0.1, -0.05) is 29.8 Å². The fourth-order valence-electron chi connectivity index (χ4n) is 3.09. The molecule has 0 unspecified atom stereocenters. The molecule has 0 radical (unpaired) electrons. The fraction of sp³-hybridized carbons (Fsp3) is 0.400. The van der Waals surface area contributed by atoms with E-state index in [4.69, 9.17) is 16.3 Å². The standard InChI is InChI=1S/C20H24ClFN2O3S/c1-24-11-9-17(10-12-24)27-16-7-5-15(6-8-16)13-23-28(25,26)14-18-19(21)3-2-4-20(18)22/h2-8,17,23H,9-14H2,1H3. The molecule has 28 heavy (non-hydrogen) atoms. The molecule has 0 aliphatic carbocycles. The lowest BCUT2D eigenvalue weighted by Crippen LogP contribution is -2.35. The van der Waals surface area contributed by atoms with Crippen LogP contribution in [0, 0.1) is 5.82 Å². The largest absolute Gasteiger partial charge is 0.490 e. The van der Waals surface area contributed by atoms with E-state index in [9.17, 15) is 12.8 Å². The second-order valence-electron chi connectivity index (χ2n) is 7.04. The molecule has 1 aliphatic rings. The van der Waals surface area contributed by atoms with Crippen molar-refractivity contribution in [3.05, 3.63) is 64.4 Å². The SMILES string of the molecule is CN1CCC(Oc2ccc(CNS(=O)(=O)Cc3c(F)cccc3Cl)cc2)CC1. The number of likely N-dealkylation sites (tertiary alicyclic amines) is 1. The molecule has 5 nitrogen and oxygen atoms in total. The topological polar surface area (TPSA) is 58.6 Å². The van der Waals surface area contributed by atoms with Crippen LogP contribution in [-0.2, 0) is 22.3 Å². The molecule has 0 bridgehead atoms. The van der Waals surface area contributed by atoms with Gasteiger partial charge in [0.1, 0.15) is 17.7 Å². The summed E-state index contributed by atoms with van der Waals surface area (Å²) in [5.74, 6) is -0.358. The van der Waals surface area contributed by atoms with Crippen LogP contribution in [0.3, 0.4) is 0 Å². The summed E-state index contributed by atoms with van der Waals surface area (Å²) in [6, 6.07) is 11.4. The highest BCUT2D eigenvalue weighted by molar-refractivity contribution is 7.88. The van der Waals surface area contributed by atoms with E-state index in [2.05, 4.69) is 16.7 Å². The summed E-state index contributed by atoms with van der Waals surface area (Å²) in [4.78, 5) is 2.28. The number of nitrogens with one attached hydrogen (secondary N) is 1. The van der Waals surface area contributed by atoms with Crippen LogP contribution in [0.1, 0.15) is 24.0 Å². The lowest BCUT2D eigenvalue weighted by molar-refractivity contribution is 0.114. The Kier molecular flexibility index (Phi) is 6.93. The van der Waals surface area contributed by atoms with Gasteiger partial charge in [-0.3, -0.25) is 0 Å². The highest BCUT2D eigenvalue weighted by Gasteiger charge is 2.19. The van der Waals surface area contributed by atoms with Gasteiger partial charge in [0.15, 0.2) is 0 Å².